The fourth-order valence-corrected chi connectivity index (χ4v) is 4.85. The Morgan fingerprint density at radius 1 is 0.737 bits per heavy atom. The van der Waals surface area contributed by atoms with Gasteiger partial charge in [-0.15, -0.1) is 0 Å². The van der Waals surface area contributed by atoms with Gasteiger partial charge in [0.2, 0.25) is 0 Å². The van der Waals surface area contributed by atoms with Crippen molar-refractivity contribution in [1.29, 1.82) is 0 Å². The number of hydrogen-bond acceptors (Lipinski definition) is 6. The molecule has 1 atom stereocenters. The molecule has 1 unspecified atom stereocenters. The largest absolute Gasteiger partial charge is 0.740 e. The Morgan fingerprint density at radius 2 is 1.13 bits per heavy atom. The Hall–Kier alpha value is -2.53. The van der Waals surface area contributed by atoms with E-state index >= 15 is 0 Å². The second-order valence-electron chi connectivity index (χ2n) is 7.83. The van der Waals surface area contributed by atoms with Crippen LogP contribution in [0.1, 0.15) is 37.8 Å². The van der Waals surface area contributed by atoms with Gasteiger partial charge in [-0.3, -0.25) is 0 Å². The van der Waals surface area contributed by atoms with Crippen LogP contribution in [-0.4, -0.2) is 40.5 Å². The molecule has 0 amide bonds. The van der Waals surface area contributed by atoms with Crippen LogP contribution in [0.5, 0.6) is 11.5 Å². The summed E-state index contributed by atoms with van der Waals surface area (Å²) in [6.45, 7) is 3.50. The van der Waals surface area contributed by atoms with E-state index in [0.717, 1.165) is 24.3 Å². The maximum atomic E-state index is 13.9. The van der Waals surface area contributed by atoms with E-state index in [9.17, 15) is 56.7 Å². The topological polar surface area (TPSA) is 92.7 Å². The maximum absolute atomic E-state index is 13.9. The zero-order valence-electron chi connectivity index (χ0n) is 19.2. The molecule has 0 aliphatic heterocycles. The summed E-state index contributed by atoms with van der Waals surface area (Å²) in [5, 5.41) is -6.98. The van der Waals surface area contributed by atoms with Crippen LogP contribution in [0.25, 0.3) is 0 Å². The molecule has 0 aliphatic rings. The smallest absolute Gasteiger partial charge is 0.460 e. The van der Waals surface area contributed by atoms with Crippen molar-refractivity contribution < 1.29 is 65.1 Å². The van der Waals surface area contributed by atoms with Gasteiger partial charge in [0.05, 0.1) is 0 Å². The summed E-state index contributed by atoms with van der Waals surface area (Å²) in [6.07, 6.45) is -6.43. The summed E-state index contributed by atoms with van der Waals surface area (Å²) in [7, 11) is -7.07. The van der Waals surface area contributed by atoms with Crippen LogP contribution in [0.3, 0.4) is 0 Å². The van der Waals surface area contributed by atoms with E-state index < -0.39 is 55.9 Å². The molecule has 0 fully saturated rings. The Labute approximate surface area is 213 Å². The highest BCUT2D eigenvalue weighted by atomic mass is 32.2. The lowest BCUT2D eigenvalue weighted by Crippen LogP contribution is -2.63. The average Bonchev–Trinajstić information content (AvgIpc) is 2.80. The lowest BCUT2D eigenvalue weighted by atomic mass is 9.70. The van der Waals surface area contributed by atoms with E-state index in [1.54, 1.807) is 13.8 Å². The molecule has 17 heteroatoms. The Balaban J connectivity index is 2.42. The van der Waals surface area contributed by atoms with Gasteiger partial charge in [-0.1, -0.05) is 38.1 Å². The minimum Gasteiger partial charge on any atom is -0.740 e. The molecule has 2 rings (SSSR count). The lowest BCUT2D eigenvalue weighted by Gasteiger charge is -2.34. The molecule has 214 valence electrons. The van der Waals surface area contributed by atoms with Crippen molar-refractivity contribution in [3.8, 4) is 11.5 Å². The predicted octanol–water partition coefficient (Wildman–Crippen LogP) is 6.10. The van der Waals surface area contributed by atoms with Gasteiger partial charge in [0.25, 0.3) is 0 Å². The van der Waals surface area contributed by atoms with Crippen LogP contribution in [0.2, 0.25) is 0 Å². The van der Waals surface area contributed by atoms with Gasteiger partial charge in [0.15, 0.2) is 0 Å². The van der Waals surface area contributed by atoms with Crippen LogP contribution < -0.4 is 8.37 Å². The number of hydrogen-bond donors (Lipinski definition) is 0. The van der Waals surface area contributed by atoms with E-state index in [1.165, 1.54) is 24.3 Å². The first-order chi connectivity index (χ1) is 17.2. The predicted molar refractivity (Wildman–Crippen MR) is 114 cm³/mol. The van der Waals surface area contributed by atoms with Gasteiger partial charge in [-0.2, -0.15) is 47.9 Å². The van der Waals surface area contributed by atoms with Gasteiger partial charge >= 0.3 is 33.4 Å². The van der Waals surface area contributed by atoms with E-state index in [1.807, 2.05) is 0 Å². The fourth-order valence-electron chi connectivity index (χ4n) is 3.67. The molecule has 0 heterocycles. The number of rotatable bonds is 11. The van der Waals surface area contributed by atoms with E-state index in [4.69, 9.17) is 0 Å². The third-order valence-electron chi connectivity index (χ3n) is 5.82. The molecular weight excluding hydrogens is 583 g/mol. The third-order valence-corrected chi connectivity index (χ3v) is 7.45. The highest BCUT2D eigenvalue weighted by molar-refractivity contribution is 7.88. The average molecular weight is 601 g/mol. The summed E-state index contributed by atoms with van der Waals surface area (Å²) >= 11 is -2.83. The Morgan fingerprint density at radius 3 is 1.47 bits per heavy atom. The molecule has 0 aliphatic carbocycles. The first-order valence-corrected chi connectivity index (χ1v) is 12.7. The minimum absolute atomic E-state index is 0.00836. The number of benzene rings is 2. The quantitative estimate of drug-likeness (QED) is 0.176. The normalized spacial score (nSPS) is 14.7. The van der Waals surface area contributed by atoms with Crippen molar-refractivity contribution in [2.24, 2.45) is 0 Å². The van der Waals surface area contributed by atoms with Crippen molar-refractivity contribution in [1.82, 2.24) is 0 Å². The van der Waals surface area contributed by atoms with Crippen molar-refractivity contribution >= 4 is 21.5 Å². The van der Waals surface area contributed by atoms with Gasteiger partial charge < -0.3 is 12.9 Å². The summed E-state index contributed by atoms with van der Waals surface area (Å²) in [5.74, 6) is -15.9. The van der Waals surface area contributed by atoms with Crippen molar-refractivity contribution in [3.63, 3.8) is 0 Å². The zero-order valence-corrected chi connectivity index (χ0v) is 20.8. The van der Waals surface area contributed by atoms with Crippen molar-refractivity contribution in [2.75, 3.05) is 0 Å². The number of halogens is 9. The van der Waals surface area contributed by atoms with Gasteiger partial charge in [0.1, 0.15) is 22.9 Å². The van der Waals surface area contributed by atoms with Gasteiger partial charge in [-0.25, -0.2) is 4.21 Å². The van der Waals surface area contributed by atoms with Crippen LogP contribution in [0, 0.1) is 0 Å². The van der Waals surface area contributed by atoms with Gasteiger partial charge in [0, 0.05) is 5.41 Å². The van der Waals surface area contributed by atoms with Crippen molar-refractivity contribution in [2.45, 2.75) is 55.4 Å². The van der Waals surface area contributed by atoms with Crippen LogP contribution in [0.15, 0.2) is 48.5 Å². The monoisotopic (exact) mass is 601 g/mol. The first kappa shape index (κ1) is 31.7. The SMILES string of the molecule is CCC(CC)(c1ccc(OS(=O)[O-])cc1)c1ccc(OS(=O)(=O)C(F)(F)C(F)(F)C(F)(F)C(F)(F)F)cc1. The zero-order chi connectivity index (χ0) is 29.4. The summed E-state index contributed by atoms with van der Waals surface area (Å²) in [6, 6.07) is 9.47. The standard InChI is InChI=1S/C21H19F9O6S2/c1-3-17(4-2,13-5-9-15(10-6-13)35-37(31)32)14-7-11-16(12-8-14)36-38(33,34)21(29,30)19(24,25)18(22,23)20(26,27)28/h5-12H,3-4H2,1-2H3,(H,31,32)/p-1. The third kappa shape index (κ3) is 5.45. The summed E-state index contributed by atoms with van der Waals surface area (Å²) in [4.78, 5) is 0. The van der Waals surface area contributed by atoms with Crippen LogP contribution in [-0.2, 0) is 26.9 Å². The molecule has 0 saturated heterocycles. The molecule has 0 saturated carbocycles. The molecular formula is C21H18F9O6S2-. The number of alkyl halides is 9. The van der Waals surface area contributed by atoms with Crippen LogP contribution in [0.4, 0.5) is 39.5 Å². The van der Waals surface area contributed by atoms with E-state index in [0.29, 0.717) is 24.0 Å². The summed E-state index contributed by atoms with van der Waals surface area (Å²) in [5.41, 5.74) is 0.181. The van der Waals surface area contributed by atoms with Gasteiger partial charge in [-0.05, 0) is 48.2 Å². The van der Waals surface area contributed by atoms with E-state index in [2.05, 4.69) is 8.37 Å². The molecule has 38 heavy (non-hydrogen) atoms. The van der Waals surface area contributed by atoms with Crippen LogP contribution >= 0.6 is 0 Å². The Bertz CT molecular complexity index is 1240. The molecule has 2 aromatic carbocycles. The summed E-state index contributed by atoms with van der Waals surface area (Å²) < 4.78 is 171. The molecule has 0 radical (unpaired) electrons. The first-order valence-electron chi connectivity index (χ1n) is 10.3. The molecule has 0 spiro atoms. The second-order valence-corrected chi connectivity index (χ2v) is 9.99. The second kappa shape index (κ2) is 10.6. The van der Waals surface area contributed by atoms with E-state index in [-0.39, 0.29) is 5.75 Å². The fraction of sp³-hybridized carbons (Fsp3) is 0.429. The maximum Gasteiger partial charge on any atom is 0.460 e. The highest BCUT2D eigenvalue weighted by Crippen LogP contribution is 2.55. The minimum atomic E-state index is -7.41. The molecule has 6 nitrogen and oxygen atoms in total. The van der Waals surface area contributed by atoms with Crippen molar-refractivity contribution in [3.05, 3.63) is 59.7 Å². The Kier molecular flexibility index (Phi) is 8.81. The highest BCUT2D eigenvalue weighted by Gasteiger charge is 2.86. The molecule has 0 bridgehead atoms. The lowest BCUT2D eigenvalue weighted by molar-refractivity contribution is -0.382. The molecule has 2 aromatic rings. The molecule has 0 aromatic heterocycles. The molecule has 0 N–H and O–H groups in total.